The maximum absolute atomic E-state index is 13.1. The van der Waals surface area contributed by atoms with Gasteiger partial charge in [-0.25, -0.2) is 17.5 Å². The maximum atomic E-state index is 13.1. The number of hydrogen-bond donors (Lipinski definition) is 1. The topological polar surface area (TPSA) is 134 Å². The quantitative estimate of drug-likeness (QED) is 0.203. The third kappa shape index (κ3) is 8.83. The number of hydrogen-bond acceptors (Lipinski definition) is 9. The van der Waals surface area contributed by atoms with E-state index >= 15 is 0 Å². The number of benzene rings is 2. The van der Waals surface area contributed by atoms with Crippen LogP contribution in [-0.4, -0.2) is 91.1 Å². The first kappa shape index (κ1) is 32.6. The molecule has 0 bridgehead atoms. The number of ether oxygens (including phenoxy) is 1. The smallest absolute Gasteiger partial charge is 0.410 e. The number of nitrogens with zero attached hydrogens (tertiary/aromatic N) is 4. The van der Waals surface area contributed by atoms with E-state index in [1.165, 1.54) is 16.4 Å². The molecule has 4 rings (SSSR count). The number of carbonyl (C=O) groups excluding carboxylic acids is 1. The number of nitro benzene ring substituents is 1. The summed E-state index contributed by atoms with van der Waals surface area (Å²) in [6.45, 7) is 2.64. The van der Waals surface area contributed by atoms with Crippen molar-refractivity contribution < 1.29 is 28.0 Å². The fraction of sp³-hybridized carbons (Fsp3) is 0.433. The second-order valence-corrected chi connectivity index (χ2v) is 13.4. The summed E-state index contributed by atoms with van der Waals surface area (Å²) in [4.78, 5) is 27.5. The van der Waals surface area contributed by atoms with Gasteiger partial charge in [0.15, 0.2) is 0 Å². The molecule has 13 heteroatoms. The number of nitro groups is 1. The summed E-state index contributed by atoms with van der Waals surface area (Å²) in [5.74, 6) is 0.0350. The number of sulfonamides is 1. The van der Waals surface area contributed by atoms with E-state index in [1.807, 2.05) is 5.38 Å². The predicted octanol–water partition coefficient (Wildman–Crippen LogP) is 4.55. The molecule has 1 fully saturated rings. The standard InChI is InChI=1S/C30H38N4O7S2/c1-31(43(39,40)29-5-3-2-4-6-29)21-25(26-14-20-42-23-26)11-15-32-16-12-27(13-17-32)33(18-19-35)30(36)41-22-24-7-9-28(10-8-24)34(37)38/h2-10,14,20,23,25,27,35H,11-13,15-19,21-22H2,1H3/t25-/m0/s1. The van der Waals surface area contributed by atoms with Gasteiger partial charge in [-0.1, -0.05) is 18.2 Å². The lowest BCUT2D eigenvalue weighted by molar-refractivity contribution is -0.384. The summed E-state index contributed by atoms with van der Waals surface area (Å²) in [6, 6.07) is 16.3. The van der Waals surface area contributed by atoms with Crippen molar-refractivity contribution in [2.24, 2.45) is 0 Å². The van der Waals surface area contributed by atoms with Gasteiger partial charge >= 0.3 is 6.09 Å². The van der Waals surface area contributed by atoms with Crippen molar-refractivity contribution >= 4 is 33.1 Å². The molecule has 1 aliphatic heterocycles. The molecule has 1 amide bonds. The lowest BCUT2D eigenvalue weighted by Crippen LogP contribution is -2.48. The van der Waals surface area contributed by atoms with Crippen LogP contribution in [0, 0.1) is 10.1 Å². The van der Waals surface area contributed by atoms with E-state index in [1.54, 1.807) is 65.7 Å². The minimum atomic E-state index is -3.60. The Hall–Kier alpha value is -3.36. The number of piperidine rings is 1. The molecule has 43 heavy (non-hydrogen) atoms. The van der Waals surface area contributed by atoms with Crippen molar-refractivity contribution in [2.75, 3.05) is 46.4 Å². The lowest BCUT2D eigenvalue weighted by Gasteiger charge is -2.38. The summed E-state index contributed by atoms with van der Waals surface area (Å²) in [7, 11) is -1.97. The average Bonchev–Trinajstić information content (AvgIpc) is 3.56. The summed E-state index contributed by atoms with van der Waals surface area (Å²) in [6.07, 6.45) is 1.70. The van der Waals surface area contributed by atoms with Gasteiger partial charge in [-0.2, -0.15) is 11.3 Å². The van der Waals surface area contributed by atoms with Crippen LogP contribution in [0.3, 0.4) is 0 Å². The average molecular weight is 631 g/mol. The van der Waals surface area contributed by atoms with Gasteiger partial charge in [-0.15, -0.1) is 0 Å². The van der Waals surface area contributed by atoms with Gasteiger partial charge in [0.2, 0.25) is 10.0 Å². The van der Waals surface area contributed by atoms with Crippen molar-refractivity contribution in [1.82, 2.24) is 14.1 Å². The first-order valence-corrected chi connectivity index (χ1v) is 16.6. The normalized spacial score (nSPS) is 15.3. The molecule has 1 N–H and O–H groups in total. The summed E-state index contributed by atoms with van der Waals surface area (Å²) in [5, 5.41) is 24.5. The van der Waals surface area contributed by atoms with Gasteiger partial charge < -0.3 is 19.6 Å². The molecule has 0 spiro atoms. The number of aliphatic hydroxyl groups is 1. The molecule has 0 radical (unpaired) electrons. The number of thiophene rings is 1. The Bertz CT molecular complexity index is 1410. The van der Waals surface area contributed by atoms with Gasteiger partial charge in [0, 0.05) is 51.4 Å². The van der Waals surface area contributed by atoms with E-state index in [9.17, 15) is 28.4 Å². The zero-order chi connectivity index (χ0) is 30.8. The molecule has 11 nitrogen and oxygen atoms in total. The maximum Gasteiger partial charge on any atom is 0.410 e. The zero-order valence-corrected chi connectivity index (χ0v) is 25.8. The number of rotatable bonds is 14. The summed E-state index contributed by atoms with van der Waals surface area (Å²) < 4.78 is 33.2. The first-order chi connectivity index (χ1) is 20.7. The van der Waals surface area contributed by atoms with Gasteiger partial charge in [0.25, 0.3) is 5.69 Å². The molecule has 3 aromatic rings. The van der Waals surface area contributed by atoms with Crippen LogP contribution in [0.1, 0.15) is 36.3 Å². The summed E-state index contributed by atoms with van der Waals surface area (Å²) in [5.41, 5.74) is 1.73. The van der Waals surface area contributed by atoms with E-state index < -0.39 is 21.0 Å². The fourth-order valence-corrected chi connectivity index (χ4v) is 7.30. The number of non-ortho nitro benzene ring substituents is 1. The molecule has 0 saturated carbocycles. The second-order valence-electron chi connectivity index (χ2n) is 10.6. The molecule has 0 aliphatic carbocycles. The molecular formula is C30H38N4O7S2. The third-order valence-electron chi connectivity index (χ3n) is 7.82. The van der Waals surface area contributed by atoms with Crippen LogP contribution in [0.4, 0.5) is 10.5 Å². The molecule has 1 atom stereocenters. The van der Waals surface area contributed by atoms with Crippen molar-refractivity contribution in [2.45, 2.75) is 42.7 Å². The Morgan fingerprint density at radius 3 is 2.44 bits per heavy atom. The highest BCUT2D eigenvalue weighted by molar-refractivity contribution is 7.89. The Labute approximate surface area is 256 Å². The van der Waals surface area contributed by atoms with E-state index in [0.29, 0.717) is 12.1 Å². The number of carbonyl (C=O) groups is 1. The van der Waals surface area contributed by atoms with Gasteiger partial charge in [-0.05, 0) is 83.9 Å². The molecule has 2 heterocycles. The van der Waals surface area contributed by atoms with Gasteiger partial charge in [0.05, 0.1) is 16.4 Å². The first-order valence-electron chi connectivity index (χ1n) is 14.2. The Kier molecular flexibility index (Phi) is 11.7. The van der Waals surface area contributed by atoms with Crippen molar-refractivity contribution in [3.63, 3.8) is 0 Å². The second kappa shape index (κ2) is 15.4. The lowest BCUT2D eigenvalue weighted by atomic mass is 9.97. The van der Waals surface area contributed by atoms with E-state index in [0.717, 1.165) is 44.5 Å². The largest absolute Gasteiger partial charge is 0.445 e. The SMILES string of the molecule is CN(C[C@H](CCN1CCC(N(CCO)C(=O)OCc2ccc([N+](=O)[O-])cc2)CC1)c1ccsc1)S(=O)(=O)c1ccccc1. The van der Waals surface area contributed by atoms with Gasteiger partial charge in [-0.3, -0.25) is 10.1 Å². The van der Waals surface area contributed by atoms with Crippen LogP contribution in [0.5, 0.6) is 0 Å². The van der Waals surface area contributed by atoms with Crippen LogP contribution < -0.4 is 0 Å². The molecule has 1 saturated heterocycles. The van der Waals surface area contributed by atoms with Crippen molar-refractivity contribution in [3.8, 4) is 0 Å². The van der Waals surface area contributed by atoms with Crippen LogP contribution in [0.25, 0.3) is 0 Å². The highest BCUT2D eigenvalue weighted by atomic mass is 32.2. The van der Waals surface area contributed by atoms with Crippen molar-refractivity contribution in [1.29, 1.82) is 0 Å². The minimum Gasteiger partial charge on any atom is -0.445 e. The van der Waals surface area contributed by atoms with Crippen LogP contribution in [0.2, 0.25) is 0 Å². The molecule has 1 aliphatic rings. The number of amides is 1. The highest BCUT2D eigenvalue weighted by Crippen LogP contribution is 2.27. The molecule has 232 valence electrons. The number of aliphatic hydroxyl groups excluding tert-OH is 1. The Morgan fingerprint density at radius 1 is 1.14 bits per heavy atom. The van der Waals surface area contributed by atoms with E-state index in [2.05, 4.69) is 16.3 Å². The number of likely N-dealkylation sites (tertiary alicyclic amines) is 1. The monoisotopic (exact) mass is 630 g/mol. The minimum absolute atomic E-state index is 0.0178. The fourth-order valence-electron chi connectivity index (χ4n) is 5.32. The molecular weight excluding hydrogens is 592 g/mol. The molecule has 1 aromatic heterocycles. The molecule has 0 unspecified atom stereocenters. The van der Waals surface area contributed by atoms with E-state index in [4.69, 9.17) is 4.74 Å². The number of likely N-dealkylation sites (N-methyl/N-ethyl adjacent to an activating group) is 1. The Balaban J connectivity index is 1.30. The van der Waals surface area contributed by atoms with Crippen molar-refractivity contribution in [3.05, 3.63) is 92.7 Å². The zero-order valence-electron chi connectivity index (χ0n) is 24.2. The van der Waals surface area contributed by atoms with Crippen LogP contribution in [0.15, 0.2) is 76.3 Å². The summed E-state index contributed by atoms with van der Waals surface area (Å²) >= 11 is 1.60. The van der Waals surface area contributed by atoms with Gasteiger partial charge in [0.1, 0.15) is 6.61 Å². The Morgan fingerprint density at radius 2 is 1.84 bits per heavy atom. The molecule has 2 aromatic carbocycles. The van der Waals surface area contributed by atoms with E-state index in [-0.39, 0.29) is 42.3 Å². The predicted molar refractivity (Wildman–Crippen MR) is 164 cm³/mol. The third-order valence-corrected chi connectivity index (χ3v) is 10.4. The highest BCUT2D eigenvalue weighted by Gasteiger charge is 2.30. The van der Waals surface area contributed by atoms with Crippen LogP contribution >= 0.6 is 11.3 Å². The van der Waals surface area contributed by atoms with Crippen LogP contribution in [-0.2, 0) is 21.4 Å².